The fraction of sp³-hybridized carbons (Fsp3) is 0.190. The van der Waals surface area contributed by atoms with Crippen molar-refractivity contribution >= 4 is 17.6 Å². The van der Waals surface area contributed by atoms with E-state index in [0.717, 1.165) is 6.07 Å². The van der Waals surface area contributed by atoms with E-state index >= 15 is 0 Å². The monoisotopic (exact) mass is 397 g/mol. The molecule has 1 aromatic heterocycles. The smallest absolute Gasteiger partial charge is 0.341 e. The lowest BCUT2D eigenvalue weighted by molar-refractivity contribution is -0.123. The highest BCUT2D eigenvalue weighted by atomic mass is 19.1. The fourth-order valence-electron chi connectivity index (χ4n) is 2.84. The molecule has 0 spiro atoms. The van der Waals surface area contributed by atoms with E-state index in [-0.39, 0.29) is 11.3 Å². The van der Waals surface area contributed by atoms with Gasteiger partial charge in [0, 0.05) is 7.05 Å². The lowest BCUT2D eigenvalue weighted by atomic mass is 10.2. The second-order valence-electron chi connectivity index (χ2n) is 6.45. The molecule has 0 aliphatic carbocycles. The van der Waals surface area contributed by atoms with Gasteiger partial charge in [0.1, 0.15) is 11.5 Å². The van der Waals surface area contributed by atoms with Gasteiger partial charge in [0.15, 0.2) is 6.10 Å². The van der Waals surface area contributed by atoms with E-state index in [0.29, 0.717) is 11.4 Å². The number of rotatable bonds is 5. The summed E-state index contributed by atoms with van der Waals surface area (Å²) in [5.74, 6) is -2.40. The zero-order valence-corrected chi connectivity index (χ0v) is 16.2. The third-order valence-corrected chi connectivity index (χ3v) is 4.55. The Balaban J connectivity index is 1.80. The highest BCUT2D eigenvalue weighted by Crippen LogP contribution is 2.15. The Morgan fingerprint density at radius 3 is 2.34 bits per heavy atom. The Morgan fingerprint density at radius 2 is 1.69 bits per heavy atom. The summed E-state index contributed by atoms with van der Waals surface area (Å²) in [6, 6.07) is 14.3. The molecule has 0 bridgehead atoms. The third kappa shape index (κ3) is 3.96. The van der Waals surface area contributed by atoms with Gasteiger partial charge >= 0.3 is 5.97 Å². The van der Waals surface area contributed by atoms with Crippen LogP contribution in [0.3, 0.4) is 0 Å². The Kier molecular flexibility index (Phi) is 5.63. The van der Waals surface area contributed by atoms with Gasteiger partial charge in [0.25, 0.3) is 11.5 Å². The minimum absolute atomic E-state index is 0.0788. The number of carbonyl (C=O) groups is 2. The molecule has 0 aliphatic rings. The van der Waals surface area contributed by atoms with E-state index in [1.54, 1.807) is 42.9 Å². The highest BCUT2D eigenvalue weighted by molar-refractivity contribution is 5.97. The van der Waals surface area contributed by atoms with E-state index in [2.05, 4.69) is 5.32 Å². The number of nitrogens with zero attached hydrogens (tertiary/aromatic N) is 2. The van der Waals surface area contributed by atoms with Gasteiger partial charge in [-0.15, -0.1) is 0 Å². The van der Waals surface area contributed by atoms with Crippen LogP contribution in [0.2, 0.25) is 0 Å². The molecule has 2 aromatic carbocycles. The van der Waals surface area contributed by atoms with Crippen molar-refractivity contribution in [2.24, 2.45) is 7.05 Å². The normalized spacial score (nSPS) is 11.7. The molecule has 0 aliphatic heterocycles. The Morgan fingerprint density at radius 1 is 1.07 bits per heavy atom. The molecule has 1 amide bonds. The van der Waals surface area contributed by atoms with E-state index in [9.17, 15) is 18.8 Å². The highest BCUT2D eigenvalue weighted by Gasteiger charge is 2.24. The molecule has 0 unspecified atom stereocenters. The summed E-state index contributed by atoms with van der Waals surface area (Å²) in [6.45, 7) is 3.04. The van der Waals surface area contributed by atoms with Crippen molar-refractivity contribution in [3.05, 3.63) is 82.0 Å². The maximum absolute atomic E-state index is 13.7. The van der Waals surface area contributed by atoms with Gasteiger partial charge in [-0.05, 0) is 38.1 Å². The zero-order chi connectivity index (χ0) is 21.1. The summed E-state index contributed by atoms with van der Waals surface area (Å²) < 4.78 is 21.8. The molecule has 0 saturated heterocycles. The van der Waals surface area contributed by atoms with Crippen molar-refractivity contribution in [2.45, 2.75) is 20.0 Å². The van der Waals surface area contributed by atoms with Crippen LogP contribution in [0, 0.1) is 12.7 Å². The van der Waals surface area contributed by atoms with Gasteiger partial charge in [-0.2, -0.15) is 0 Å². The number of benzene rings is 2. The number of nitrogens with one attached hydrogen (secondary N) is 1. The summed E-state index contributed by atoms with van der Waals surface area (Å²) in [4.78, 5) is 37.4. The number of halogens is 1. The van der Waals surface area contributed by atoms with Gasteiger partial charge in [-0.3, -0.25) is 14.3 Å². The number of esters is 1. The standard InChI is InChI=1S/C21H20FN3O4/c1-13-18(20(27)25(24(13)3)15-9-5-4-6-10-15)23-19(26)14(2)29-21(28)16-11-7-8-12-17(16)22/h4-12,14H,1-3H3,(H,23,26)/t14-/m1/s1. The van der Waals surface area contributed by atoms with E-state index in [1.165, 1.54) is 29.8 Å². The number of hydrogen-bond donors (Lipinski definition) is 1. The SMILES string of the molecule is Cc1c(NC(=O)[C@@H](C)OC(=O)c2ccccc2F)c(=O)n(-c2ccccc2)n1C. The van der Waals surface area contributed by atoms with Crippen LogP contribution in [-0.2, 0) is 16.6 Å². The minimum atomic E-state index is -1.23. The molecular weight excluding hydrogens is 377 g/mol. The summed E-state index contributed by atoms with van der Waals surface area (Å²) >= 11 is 0. The molecule has 3 aromatic rings. The summed E-state index contributed by atoms with van der Waals surface area (Å²) in [5, 5.41) is 2.52. The van der Waals surface area contributed by atoms with Gasteiger partial charge in [0.05, 0.1) is 16.9 Å². The van der Waals surface area contributed by atoms with Crippen LogP contribution in [0.25, 0.3) is 5.69 Å². The predicted molar refractivity (Wildman–Crippen MR) is 106 cm³/mol. The first-order valence-electron chi connectivity index (χ1n) is 8.91. The maximum atomic E-state index is 13.7. The van der Waals surface area contributed by atoms with Gasteiger partial charge in [0.2, 0.25) is 0 Å². The van der Waals surface area contributed by atoms with Crippen LogP contribution in [0.15, 0.2) is 59.4 Å². The number of para-hydroxylation sites is 1. The molecule has 0 radical (unpaired) electrons. The lowest BCUT2D eigenvalue weighted by Crippen LogP contribution is -2.32. The first-order valence-corrected chi connectivity index (χ1v) is 8.91. The number of amides is 1. The van der Waals surface area contributed by atoms with E-state index in [4.69, 9.17) is 4.74 Å². The average molecular weight is 397 g/mol. The van der Waals surface area contributed by atoms with E-state index < -0.39 is 29.4 Å². The second kappa shape index (κ2) is 8.14. The number of aromatic nitrogens is 2. The minimum Gasteiger partial charge on any atom is -0.449 e. The van der Waals surface area contributed by atoms with Crippen molar-refractivity contribution in [3.63, 3.8) is 0 Å². The number of hydrogen-bond acceptors (Lipinski definition) is 4. The molecule has 8 heteroatoms. The van der Waals surface area contributed by atoms with Gasteiger partial charge in [-0.25, -0.2) is 13.9 Å². The number of ether oxygens (including phenoxy) is 1. The molecule has 1 N–H and O–H groups in total. The molecule has 0 saturated carbocycles. The molecule has 1 heterocycles. The van der Waals surface area contributed by atoms with Crippen molar-refractivity contribution in [1.29, 1.82) is 0 Å². The fourth-order valence-corrected chi connectivity index (χ4v) is 2.84. The van der Waals surface area contributed by atoms with Crippen LogP contribution in [0.4, 0.5) is 10.1 Å². The first kappa shape index (κ1) is 20.1. The van der Waals surface area contributed by atoms with Crippen molar-refractivity contribution in [2.75, 3.05) is 5.32 Å². The van der Waals surface area contributed by atoms with Crippen LogP contribution >= 0.6 is 0 Å². The topological polar surface area (TPSA) is 82.3 Å². The van der Waals surface area contributed by atoms with Gasteiger partial charge < -0.3 is 10.1 Å². The van der Waals surface area contributed by atoms with Crippen LogP contribution in [0.5, 0.6) is 0 Å². The zero-order valence-electron chi connectivity index (χ0n) is 16.2. The predicted octanol–water partition coefficient (Wildman–Crippen LogP) is 2.81. The number of anilines is 1. The van der Waals surface area contributed by atoms with Gasteiger partial charge in [-0.1, -0.05) is 30.3 Å². The quantitative estimate of drug-likeness (QED) is 0.671. The molecular formula is C21H20FN3O4. The summed E-state index contributed by atoms with van der Waals surface area (Å²) in [5.41, 5.74) is 0.560. The summed E-state index contributed by atoms with van der Waals surface area (Å²) in [7, 11) is 1.70. The third-order valence-electron chi connectivity index (χ3n) is 4.55. The summed E-state index contributed by atoms with van der Waals surface area (Å²) in [6.07, 6.45) is -1.23. The Labute approximate surface area is 166 Å². The lowest BCUT2D eigenvalue weighted by Gasteiger charge is -2.13. The molecule has 0 fully saturated rings. The molecule has 7 nitrogen and oxygen atoms in total. The molecule has 1 atom stereocenters. The Hall–Kier alpha value is -3.68. The van der Waals surface area contributed by atoms with Crippen LogP contribution in [-0.4, -0.2) is 27.3 Å². The molecule has 150 valence electrons. The average Bonchev–Trinajstić information content (AvgIpc) is 2.92. The van der Waals surface area contributed by atoms with Crippen LogP contribution < -0.4 is 10.9 Å². The van der Waals surface area contributed by atoms with E-state index in [1.807, 2.05) is 6.07 Å². The first-order chi connectivity index (χ1) is 13.8. The second-order valence-corrected chi connectivity index (χ2v) is 6.45. The van der Waals surface area contributed by atoms with Crippen molar-refractivity contribution < 1.29 is 18.7 Å². The van der Waals surface area contributed by atoms with Crippen LogP contribution in [0.1, 0.15) is 23.0 Å². The molecule has 29 heavy (non-hydrogen) atoms. The Bertz CT molecular complexity index is 1120. The maximum Gasteiger partial charge on any atom is 0.341 e. The number of carbonyl (C=O) groups excluding carboxylic acids is 2. The van der Waals surface area contributed by atoms with Crippen molar-refractivity contribution in [3.8, 4) is 5.69 Å². The molecule has 3 rings (SSSR count). The van der Waals surface area contributed by atoms with Crippen molar-refractivity contribution in [1.82, 2.24) is 9.36 Å². The largest absolute Gasteiger partial charge is 0.449 e.